The summed E-state index contributed by atoms with van der Waals surface area (Å²) in [6.45, 7) is 0. The molecule has 0 spiro atoms. The smallest absolute Gasteiger partial charge is 0.360 e. The highest BCUT2D eigenvalue weighted by Crippen LogP contribution is 2.29. The van der Waals surface area contributed by atoms with Crippen molar-refractivity contribution >= 4 is 28.5 Å². The van der Waals surface area contributed by atoms with Crippen LogP contribution >= 0.6 is 0 Å². The van der Waals surface area contributed by atoms with Gasteiger partial charge in [0.1, 0.15) is 5.69 Å². The first-order valence-electron chi connectivity index (χ1n) is 9.38. The molecule has 1 amide bonds. The number of carbonyl (C=O) groups is 2. The number of nitrogens with one attached hydrogen (secondary N) is 1. The maximum atomic E-state index is 13.0. The van der Waals surface area contributed by atoms with E-state index in [-0.39, 0.29) is 16.8 Å². The lowest BCUT2D eigenvalue weighted by molar-refractivity contribution is 0.0599. The van der Waals surface area contributed by atoms with Crippen LogP contribution in [0.1, 0.15) is 20.7 Å². The maximum absolute atomic E-state index is 13.0. The molecule has 0 bridgehead atoms. The second-order valence-corrected chi connectivity index (χ2v) is 6.68. The van der Waals surface area contributed by atoms with Crippen molar-refractivity contribution in [2.75, 3.05) is 12.4 Å². The molecule has 32 heavy (non-hydrogen) atoms. The Balaban J connectivity index is 1.97. The third-order valence-corrected chi connectivity index (χ3v) is 4.73. The van der Waals surface area contributed by atoms with Crippen molar-refractivity contribution in [1.29, 1.82) is 0 Å². The lowest BCUT2D eigenvalue weighted by Crippen LogP contribution is -2.27. The summed E-state index contributed by atoms with van der Waals surface area (Å²) in [5.74, 6) is -2.21. The number of fused-ring (bicyclic) bond motifs is 1. The number of amides is 1. The highest BCUT2D eigenvalue weighted by atomic mass is 16.5. The zero-order chi connectivity index (χ0) is 22.8. The normalized spacial score (nSPS) is 10.7. The minimum atomic E-state index is -1.05. The van der Waals surface area contributed by atoms with Crippen LogP contribution in [0.15, 0.2) is 80.7 Å². The van der Waals surface area contributed by atoms with E-state index in [4.69, 9.17) is 4.42 Å². The minimum absolute atomic E-state index is 0.142. The van der Waals surface area contributed by atoms with Gasteiger partial charge in [-0.15, -0.1) is 0 Å². The van der Waals surface area contributed by atoms with Gasteiger partial charge in [0.05, 0.1) is 18.2 Å². The number of para-hydroxylation sites is 1. The predicted molar refractivity (Wildman–Crippen MR) is 115 cm³/mol. The fraction of sp³-hybridized carbons (Fsp3) is 0.0435. The average Bonchev–Trinajstić information content (AvgIpc) is 2.81. The molecular weight excluding hydrogens is 416 g/mol. The number of rotatable bonds is 4. The number of esters is 1. The van der Waals surface area contributed by atoms with Crippen molar-refractivity contribution < 1.29 is 23.8 Å². The molecule has 2 heterocycles. The van der Waals surface area contributed by atoms with Crippen LogP contribution in [0.2, 0.25) is 0 Å². The quantitative estimate of drug-likeness (QED) is 0.475. The molecule has 4 aromatic rings. The Hall–Kier alpha value is -4.66. The molecule has 9 nitrogen and oxygen atoms in total. The molecule has 0 radical (unpaired) electrons. The molecule has 0 saturated carbocycles. The number of aromatic nitrogens is 1. The van der Waals surface area contributed by atoms with E-state index in [9.17, 15) is 24.3 Å². The van der Waals surface area contributed by atoms with Gasteiger partial charge in [-0.2, -0.15) is 0 Å². The van der Waals surface area contributed by atoms with Gasteiger partial charge in [0.25, 0.3) is 11.5 Å². The molecule has 160 valence electrons. The van der Waals surface area contributed by atoms with E-state index in [1.165, 1.54) is 0 Å². The number of pyridine rings is 1. The SMILES string of the molecule is COC(=O)c1c(=O)n(-c2ccccc2)c(O)c2cc(NC(=O)c3ccccc3)c(=O)oc12. The summed E-state index contributed by atoms with van der Waals surface area (Å²) in [5, 5.41) is 13.1. The third-order valence-electron chi connectivity index (χ3n) is 4.73. The van der Waals surface area contributed by atoms with Crippen molar-refractivity contribution in [3.05, 3.63) is 98.6 Å². The zero-order valence-electron chi connectivity index (χ0n) is 16.7. The fourth-order valence-electron chi connectivity index (χ4n) is 3.22. The highest BCUT2D eigenvalue weighted by molar-refractivity contribution is 6.06. The molecule has 0 aliphatic rings. The van der Waals surface area contributed by atoms with Gasteiger partial charge in [0, 0.05) is 5.56 Å². The molecule has 2 aromatic heterocycles. The van der Waals surface area contributed by atoms with Gasteiger partial charge in [0.15, 0.2) is 11.1 Å². The molecule has 0 saturated heterocycles. The molecule has 9 heteroatoms. The zero-order valence-corrected chi connectivity index (χ0v) is 16.7. The van der Waals surface area contributed by atoms with Crippen LogP contribution in [0, 0.1) is 0 Å². The Kier molecular flexibility index (Phi) is 5.30. The number of carbonyl (C=O) groups excluding carboxylic acids is 2. The molecule has 0 aliphatic heterocycles. The van der Waals surface area contributed by atoms with Crippen LogP contribution in [-0.4, -0.2) is 28.7 Å². The van der Waals surface area contributed by atoms with Gasteiger partial charge in [-0.25, -0.2) is 14.2 Å². The summed E-state index contributed by atoms with van der Waals surface area (Å²) in [6, 6.07) is 17.4. The molecule has 0 atom stereocenters. The predicted octanol–water partition coefficient (Wildman–Crippen LogP) is 2.69. The van der Waals surface area contributed by atoms with Crippen molar-refractivity contribution in [3.63, 3.8) is 0 Å². The van der Waals surface area contributed by atoms with Gasteiger partial charge in [0.2, 0.25) is 5.88 Å². The van der Waals surface area contributed by atoms with E-state index < -0.39 is 40.1 Å². The number of methoxy groups -OCH3 is 1. The third kappa shape index (κ3) is 3.52. The summed E-state index contributed by atoms with van der Waals surface area (Å²) in [6.07, 6.45) is 0. The van der Waals surface area contributed by atoms with Gasteiger partial charge < -0.3 is 19.6 Å². The van der Waals surface area contributed by atoms with E-state index in [0.717, 1.165) is 17.7 Å². The number of hydrogen-bond acceptors (Lipinski definition) is 7. The molecular formula is C23H16N2O7. The first-order chi connectivity index (χ1) is 15.4. The van der Waals surface area contributed by atoms with E-state index in [1.54, 1.807) is 60.7 Å². The van der Waals surface area contributed by atoms with E-state index >= 15 is 0 Å². The molecule has 2 N–H and O–H groups in total. The number of nitrogens with zero attached hydrogens (tertiary/aromatic N) is 1. The summed E-state index contributed by atoms with van der Waals surface area (Å²) in [4.78, 5) is 50.4. The Labute approximate surface area is 180 Å². The topological polar surface area (TPSA) is 128 Å². The van der Waals surface area contributed by atoms with Gasteiger partial charge >= 0.3 is 11.6 Å². The number of anilines is 1. The second kappa shape index (κ2) is 8.23. The van der Waals surface area contributed by atoms with Crippen LogP contribution < -0.4 is 16.5 Å². The lowest BCUT2D eigenvalue weighted by atomic mass is 10.1. The minimum Gasteiger partial charge on any atom is -0.494 e. The Morgan fingerprint density at radius 3 is 2.25 bits per heavy atom. The maximum Gasteiger partial charge on any atom is 0.360 e. The highest BCUT2D eigenvalue weighted by Gasteiger charge is 2.26. The van der Waals surface area contributed by atoms with Crippen LogP contribution in [0.3, 0.4) is 0 Å². The average molecular weight is 432 g/mol. The number of ether oxygens (including phenoxy) is 1. The Bertz CT molecular complexity index is 1460. The molecule has 0 fully saturated rings. The van der Waals surface area contributed by atoms with Gasteiger partial charge in [-0.05, 0) is 30.3 Å². The van der Waals surface area contributed by atoms with Crippen LogP contribution in [0.4, 0.5) is 5.69 Å². The van der Waals surface area contributed by atoms with Crippen molar-refractivity contribution in [3.8, 4) is 11.6 Å². The summed E-state index contributed by atoms with van der Waals surface area (Å²) in [5.41, 5.74) is -2.68. The Morgan fingerprint density at radius 2 is 1.62 bits per heavy atom. The fourth-order valence-corrected chi connectivity index (χ4v) is 3.22. The Morgan fingerprint density at radius 1 is 1.00 bits per heavy atom. The van der Waals surface area contributed by atoms with E-state index in [0.29, 0.717) is 5.56 Å². The number of benzene rings is 2. The van der Waals surface area contributed by atoms with Crippen molar-refractivity contribution in [1.82, 2.24) is 4.57 Å². The lowest BCUT2D eigenvalue weighted by Gasteiger charge is -2.14. The molecule has 2 aromatic carbocycles. The van der Waals surface area contributed by atoms with Crippen molar-refractivity contribution in [2.45, 2.75) is 0 Å². The molecule has 4 rings (SSSR count). The first kappa shape index (κ1) is 20.6. The molecule has 0 unspecified atom stereocenters. The van der Waals surface area contributed by atoms with E-state index in [1.807, 2.05) is 0 Å². The number of hydrogen-bond donors (Lipinski definition) is 2. The van der Waals surface area contributed by atoms with Crippen LogP contribution in [0.25, 0.3) is 16.7 Å². The van der Waals surface area contributed by atoms with Gasteiger partial charge in [-0.1, -0.05) is 36.4 Å². The first-order valence-corrected chi connectivity index (χ1v) is 9.38. The number of aromatic hydroxyl groups is 1. The summed E-state index contributed by atoms with van der Waals surface area (Å²) in [7, 11) is 1.07. The standard InChI is InChI=1S/C23H16N2O7/c1-31-23(30)17-18-15(20(27)25(21(17)28)14-10-6-3-7-11-14)12-16(22(29)32-18)24-19(26)13-8-4-2-5-9-13/h2-12,27H,1H3,(H,24,26). The molecule has 0 aliphatic carbocycles. The summed E-state index contributed by atoms with van der Waals surface area (Å²) < 4.78 is 10.8. The van der Waals surface area contributed by atoms with E-state index in [2.05, 4.69) is 10.1 Å². The second-order valence-electron chi connectivity index (χ2n) is 6.68. The largest absolute Gasteiger partial charge is 0.494 e. The monoisotopic (exact) mass is 432 g/mol. The summed E-state index contributed by atoms with van der Waals surface area (Å²) >= 11 is 0. The van der Waals surface area contributed by atoms with Gasteiger partial charge in [-0.3, -0.25) is 9.59 Å². The van der Waals surface area contributed by atoms with Crippen molar-refractivity contribution in [2.24, 2.45) is 0 Å². The van der Waals surface area contributed by atoms with Crippen LogP contribution in [0.5, 0.6) is 5.88 Å². The van der Waals surface area contributed by atoms with Crippen LogP contribution in [-0.2, 0) is 4.74 Å².